The number of likely N-dealkylation sites (tertiary alicyclic amines) is 1. The molecule has 170 valence electrons. The molecule has 0 bridgehead atoms. The van der Waals surface area contributed by atoms with Crippen LogP contribution in [0, 0.1) is 5.92 Å². The highest BCUT2D eigenvalue weighted by Crippen LogP contribution is 2.38. The van der Waals surface area contributed by atoms with Gasteiger partial charge < -0.3 is 10.2 Å². The van der Waals surface area contributed by atoms with E-state index in [1.54, 1.807) is 11.0 Å². The fraction of sp³-hybridized carbons (Fsp3) is 0.391. The van der Waals surface area contributed by atoms with E-state index < -0.39 is 21.2 Å². The number of amides is 2. The Labute approximate surface area is 193 Å². The van der Waals surface area contributed by atoms with Crippen LogP contribution < -0.4 is 5.32 Å². The zero-order chi connectivity index (χ0) is 22.9. The fourth-order valence-electron chi connectivity index (χ4n) is 3.91. The van der Waals surface area contributed by atoms with Crippen molar-refractivity contribution in [3.05, 3.63) is 54.1 Å². The lowest BCUT2D eigenvalue weighted by molar-refractivity contribution is -0.135. The number of nitrogens with zero attached hydrogens (tertiary/aromatic N) is 2. The van der Waals surface area contributed by atoms with Crippen LogP contribution >= 0.6 is 11.8 Å². The highest BCUT2D eigenvalue weighted by molar-refractivity contribution is 8.01. The van der Waals surface area contributed by atoms with E-state index in [1.807, 2.05) is 30.3 Å². The van der Waals surface area contributed by atoms with Crippen LogP contribution in [0.1, 0.15) is 25.3 Å². The molecule has 4 rings (SSSR count). The molecule has 2 aliphatic rings. The topological polar surface area (TPSA) is 86.8 Å². The Morgan fingerprint density at radius 3 is 2.53 bits per heavy atom. The summed E-state index contributed by atoms with van der Waals surface area (Å²) >= 11 is 1.19. The van der Waals surface area contributed by atoms with Crippen molar-refractivity contribution >= 4 is 39.3 Å². The van der Waals surface area contributed by atoms with Gasteiger partial charge in [0.15, 0.2) is 5.25 Å². The first-order valence-corrected chi connectivity index (χ1v) is 13.0. The molecule has 0 radical (unpaired) electrons. The zero-order valence-corrected chi connectivity index (χ0v) is 19.8. The van der Waals surface area contributed by atoms with Crippen LogP contribution in [0.15, 0.2) is 58.3 Å². The SMILES string of the molecule is CC1CCN(C(=O)[C@H]2Sc3ccc(S(=O)(=O)N(C)Cc4ccccc4)cc3NC2=O)CC1. The molecule has 2 aromatic rings. The van der Waals surface area contributed by atoms with Crippen LogP contribution in [0.4, 0.5) is 5.69 Å². The molecule has 9 heteroatoms. The predicted molar refractivity (Wildman–Crippen MR) is 125 cm³/mol. The molecule has 0 saturated carbocycles. The Bertz CT molecular complexity index is 1110. The van der Waals surface area contributed by atoms with Gasteiger partial charge in [0.1, 0.15) is 0 Å². The molecule has 1 fully saturated rings. The maximum atomic E-state index is 13.1. The monoisotopic (exact) mass is 473 g/mol. The first-order chi connectivity index (χ1) is 15.3. The van der Waals surface area contributed by atoms with Crippen molar-refractivity contribution in [3.63, 3.8) is 0 Å². The summed E-state index contributed by atoms with van der Waals surface area (Å²) in [5.41, 5.74) is 1.30. The molecule has 7 nitrogen and oxygen atoms in total. The lowest BCUT2D eigenvalue weighted by Gasteiger charge is -2.33. The third kappa shape index (κ3) is 4.69. The maximum Gasteiger partial charge on any atom is 0.247 e. The van der Waals surface area contributed by atoms with Crippen molar-refractivity contribution in [1.82, 2.24) is 9.21 Å². The summed E-state index contributed by atoms with van der Waals surface area (Å²) in [4.78, 5) is 28.2. The highest BCUT2D eigenvalue weighted by Gasteiger charge is 2.37. The number of anilines is 1. The van der Waals surface area contributed by atoms with Crippen molar-refractivity contribution in [1.29, 1.82) is 0 Å². The minimum atomic E-state index is -3.74. The minimum Gasteiger partial charge on any atom is -0.341 e. The molecule has 0 spiro atoms. The van der Waals surface area contributed by atoms with Crippen molar-refractivity contribution < 1.29 is 18.0 Å². The molecule has 32 heavy (non-hydrogen) atoms. The van der Waals surface area contributed by atoms with Gasteiger partial charge in [0, 0.05) is 31.6 Å². The second-order valence-corrected chi connectivity index (χ2v) is 11.6. The van der Waals surface area contributed by atoms with Gasteiger partial charge in [0.2, 0.25) is 21.8 Å². The van der Waals surface area contributed by atoms with Crippen molar-refractivity contribution in [2.75, 3.05) is 25.5 Å². The van der Waals surface area contributed by atoms with Gasteiger partial charge >= 0.3 is 0 Å². The number of hydrogen-bond donors (Lipinski definition) is 1. The quantitative estimate of drug-likeness (QED) is 0.674. The molecular weight excluding hydrogens is 446 g/mol. The van der Waals surface area contributed by atoms with Gasteiger partial charge in [0.05, 0.1) is 10.6 Å². The Balaban J connectivity index is 1.50. The number of piperidine rings is 1. The zero-order valence-electron chi connectivity index (χ0n) is 18.2. The third-order valence-electron chi connectivity index (χ3n) is 5.97. The smallest absolute Gasteiger partial charge is 0.247 e. The van der Waals surface area contributed by atoms with E-state index in [2.05, 4.69) is 12.2 Å². The number of fused-ring (bicyclic) bond motifs is 1. The summed E-state index contributed by atoms with van der Waals surface area (Å²) in [5.74, 6) is 0.00987. The molecule has 0 aliphatic carbocycles. The van der Waals surface area contributed by atoms with Crippen LogP contribution in [0.5, 0.6) is 0 Å². The Hall–Kier alpha value is -2.36. The molecule has 1 N–H and O–H groups in total. The summed E-state index contributed by atoms with van der Waals surface area (Å²) in [6, 6.07) is 14.0. The van der Waals surface area contributed by atoms with E-state index in [9.17, 15) is 18.0 Å². The first-order valence-electron chi connectivity index (χ1n) is 10.7. The standard InChI is InChI=1S/C23H27N3O4S2/c1-16-10-12-26(13-11-16)23(28)21-22(27)24-19-14-18(8-9-20(19)31-21)32(29,30)25(2)15-17-6-4-3-5-7-17/h3-9,14,16,21H,10-13,15H2,1-2H3,(H,24,27)/t21-/m0/s1. The summed E-state index contributed by atoms with van der Waals surface area (Å²) in [5, 5.41) is 1.90. The molecule has 0 aromatic heterocycles. The summed E-state index contributed by atoms with van der Waals surface area (Å²) in [6.45, 7) is 3.75. The number of thioether (sulfide) groups is 1. The Morgan fingerprint density at radius 2 is 1.84 bits per heavy atom. The molecule has 2 aromatic carbocycles. The summed E-state index contributed by atoms with van der Waals surface area (Å²) in [6.07, 6.45) is 1.89. The van der Waals surface area contributed by atoms with Crippen molar-refractivity contribution in [2.45, 2.75) is 41.4 Å². The largest absolute Gasteiger partial charge is 0.341 e. The van der Waals surface area contributed by atoms with Crippen LogP contribution in [-0.2, 0) is 26.2 Å². The van der Waals surface area contributed by atoms with Gasteiger partial charge in [-0.3, -0.25) is 9.59 Å². The molecule has 1 saturated heterocycles. The number of hydrogen-bond acceptors (Lipinski definition) is 5. The second-order valence-electron chi connectivity index (χ2n) is 8.40. The van der Waals surface area contributed by atoms with E-state index in [0.29, 0.717) is 29.6 Å². The average molecular weight is 474 g/mol. The van der Waals surface area contributed by atoms with Gasteiger partial charge in [-0.15, -0.1) is 11.8 Å². The third-order valence-corrected chi connectivity index (χ3v) is 9.03. The average Bonchev–Trinajstić information content (AvgIpc) is 2.79. The fourth-order valence-corrected chi connectivity index (χ4v) is 6.15. The van der Waals surface area contributed by atoms with Gasteiger partial charge in [-0.2, -0.15) is 4.31 Å². The van der Waals surface area contributed by atoms with E-state index in [1.165, 1.54) is 35.2 Å². The number of carbonyl (C=O) groups is 2. The number of benzene rings is 2. The number of rotatable bonds is 5. The van der Waals surface area contributed by atoms with Crippen LogP contribution in [-0.4, -0.2) is 54.8 Å². The van der Waals surface area contributed by atoms with Gasteiger partial charge in [-0.25, -0.2) is 8.42 Å². The van der Waals surface area contributed by atoms with Gasteiger partial charge in [-0.1, -0.05) is 37.3 Å². The number of nitrogens with one attached hydrogen (secondary N) is 1. The number of sulfonamides is 1. The summed E-state index contributed by atoms with van der Waals surface area (Å²) in [7, 11) is -2.21. The maximum absolute atomic E-state index is 13.1. The van der Waals surface area contributed by atoms with Crippen LogP contribution in [0.3, 0.4) is 0 Å². The molecule has 1 atom stereocenters. The number of carbonyl (C=O) groups excluding carboxylic acids is 2. The summed E-state index contributed by atoms with van der Waals surface area (Å²) < 4.78 is 27.4. The normalized spacial score (nSPS) is 19.5. The molecule has 0 unspecified atom stereocenters. The second kappa shape index (κ2) is 9.25. The van der Waals surface area contributed by atoms with E-state index >= 15 is 0 Å². The molecule has 2 aliphatic heterocycles. The van der Waals surface area contributed by atoms with Crippen molar-refractivity contribution in [2.24, 2.45) is 5.92 Å². The lowest BCUT2D eigenvalue weighted by Crippen LogP contribution is -2.47. The lowest BCUT2D eigenvalue weighted by atomic mass is 9.99. The Kier molecular flexibility index (Phi) is 6.60. The minimum absolute atomic E-state index is 0.102. The van der Waals surface area contributed by atoms with Crippen molar-refractivity contribution in [3.8, 4) is 0 Å². The van der Waals surface area contributed by atoms with E-state index in [0.717, 1.165) is 18.4 Å². The van der Waals surface area contributed by atoms with Gasteiger partial charge in [-0.05, 0) is 42.5 Å². The van der Waals surface area contributed by atoms with E-state index in [4.69, 9.17) is 0 Å². The molecular formula is C23H27N3O4S2. The van der Waals surface area contributed by atoms with Crippen LogP contribution in [0.2, 0.25) is 0 Å². The highest BCUT2D eigenvalue weighted by atomic mass is 32.2. The van der Waals surface area contributed by atoms with E-state index in [-0.39, 0.29) is 17.3 Å². The van der Waals surface area contributed by atoms with Gasteiger partial charge in [0.25, 0.3) is 0 Å². The predicted octanol–water partition coefficient (Wildman–Crippen LogP) is 3.18. The first kappa shape index (κ1) is 22.8. The Morgan fingerprint density at radius 1 is 1.16 bits per heavy atom. The molecule has 2 amide bonds. The molecule has 2 heterocycles. The van der Waals surface area contributed by atoms with Crippen LogP contribution in [0.25, 0.3) is 0 Å².